The quantitative estimate of drug-likeness (QED) is 0.302. The SMILES string of the molecule is COc1cc(C(=O)NC2CCN(C)CC2)ccc1Nc1ncc2c(n1)c(-c1cccs1)c(OCC1CC1)c(=O)n2C. The highest BCUT2D eigenvalue weighted by Gasteiger charge is 2.26. The molecule has 1 saturated carbocycles. The predicted octanol–water partition coefficient (Wildman–Crippen LogP) is 4.42. The molecule has 4 aromatic rings. The lowest BCUT2D eigenvalue weighted by molar-refractivity contribution is 0.0916. The topological polar surface area (TPSA) is 111 Å². The van der Waals surface area contributed by atoms with E-state index in [1.165, 1.54) is 15.9 Å². The smallest absolute Gasteiger partial charge is 0.293 e. The van der Waals surface area contributed by atoms with Crippen molar-refractivity contribution in [3.63, 3.8) is 0 Å². The number of hydrogen-bond acceptors (Lipinski definition) is 9. The van der Waals surface area contributed by atoms with Gasteiger partial charge in [-0.05, 0) is 81.4 Å². The van der Waals surface area contributed by atoms with Crippen LogP contribution in [-0.2, 0) is 7.05 Å². The molecule has 11 heteroatoms. The number of carbonyl (C=O) groups excluding carboxylic acids is 1. The molecule has 0 unspecified atom stereocenters. The number of methoxy groups -OCH3 is 1. The van der Waals surface area contributed by atoms with E-state index < -0.39 is 0 Å². The standard InChI is InChI=1S/C30H34N6O4S/c1-35-12-10-20(11-13-35)32-28(37)19-8-9-21(23(15-19)39-3)33-30-31-16-22-26(34-30)25(24-5-4-14-41-24)27(29(38)36(22)2)40-17-18-6-7-18/h4-5,8-9,14-16,18,20H,6-7,10-13,17H2,1-3H3,(H,32,37)(H,31,33,34). The van der Waals surface area contributed by atoms with Crippen molar-refractivity contribution in [2.75, 3.05) is 39.2 Å². The molecule has 10 nitrogen and oxygen atoms in total. The molecule has 3 aromatic heterocycles. The average Bonchev–Trinajstić information content (AvgIpc) is 3.66. The number of ether oxygens (including phenoxy) is 2. The molecule has 1 saturated heterocycles. The van der Waals surface area contributed by atoms with Crippen molar-refractivity contribution in [3.05, 3.63) is 57.8 Å². The Hall–Kier alpha value is -3.96. The maximum Gasteiger partial charge on any atom is 0.293 e. The number of fused-ring (bicyclic) bond motifs is 1. The summed E-state index contributed by atoms with van der Waals surface area (Å²) in [7, 11) is 5.37. The van der Waals surface area contributed by atoms with Crippen LogP contribution in [0.1, 0.15) is 36.0 Å². The molecule has 2 aliphatic rings. The fourth-order valence-corrected chi connectivity index (χ4v) is 5.86. The third-order valence-corrected chi connectivity index (χ3v) is 8.67. The summed E-state index contributed by atoms with van der Waals surface area (Å²) in [6.07, 6.45) is 5.76. The summed E-state index contributed by atoms with van der Waals surface area (Å²) in [4.78, 5) is 38.8. The Bertz CT molecular complexity index is 1620. The molecule has 6 rings (SSSR count). The zero-order valence-electron chi connectivity index (χ0n) is 23.5. The second-order valence-electron chi connectivity index (χ2n) is 10.8. The summed E-state index contributed by atoms with van der Waals surface area (Å²) in [5.41, 5.74) is 2.84. The number of rotatable bonds is 9. The van der Waals surface area contributed by atoms with E-state index in [1.807, 2.05) is 17.5 Å². The van der Waals surface area contributed by atoms with Crippen LogP contribution in [0.5, 0.6) is 11.5 Å². The first-order valence-electron chi connectivity index (χ1n) is 13.9. The van der Waals surface area contributed by atoms with Crippen molar-refractivity contribution in [1.82, 2.24) is 24.8 Å². The van der Waals surface area contributed by atoms with Gasteiger partial charge in [-0.3, -0.25) is 9.59 Å². The van der Waals surface area contributed by atoms with Gasteiger partial charge in [0.15, 0.2) is 5.75 Å². The maximum atomic E-state index is 13.3. The number of carbonyl (C=O) groups is 1. The van der Waals surface area contributed by atoms with Crippen LogP contribution in [0.2, 0.25) is 0 Å². The Balaban J connectivity index is 1.31. The van der Waals surface area contributed by atoms with Gasteiger partial charge in [-0.2, -0.15) is 0 Å². The predicted molar refractivity (Wildman–Crippen MR) is 161 cm³/mol. The molecule has 1 aliphatic carbocycles. The molecule has 2 fully saturated rings. The van der Waals surface area contributed by atoms with Crippen molar-refractivity contribution < 1.29 is 14.3 Å². The van der Waals surface area contributed by atoms with Crippen LogP contribution < -0.4 is 25.7 Å². The van der Waals surface area contributed by atoms with Crippen LogP contribution in [0.25, 0.3) is 21.5 Å². The highest BCUT2D eigenvalue weighted by Crippen LogP contribution is 2.38. The minimum atomic E-state index is -0.207. The van der Waals surface area contributed by atoms with E-state index in [1.54, 1.807) is 38.6 Å². The van der Waals surface area contributed by atoms with Crippen LogP contribution in [-0.4, -0.2) is 65.2 Å². The third-order valence-electron chi connectivity index (χ3n) is 7.79. The van der Waals surface area contributed by atoms with E-state index in [4.69, 9.17) is 14.5 Å². The number of amides is 1. The molecule has 0 radical (unpaired) electrons. The minimum Gasteiger partial charge on any atom is -0.495 e. The van der Waals surface area contributed by atoms with Gasteiger partial charge in [0.2, 0.25) is 5.95 Å². The van der Waals surface area contributed by atoms with Crippen LogP contribution >= 0.6 is 11.3 Å². The number of nitrogens with one attached hydrogen (secondary N) is 2. The molecule has 0 atom stereocenters. The Morgan fingerprint density at radius 1 is 1.15 bits per heavy atom. The van der Waals surface area contributed by atoms with Gasteiger partial charge < -0.3 is 29.6 Å². The molecule has 2 N–H and O–H groups in total. The summed E-state index contributed by atoms with van der Waals surface area (Å²) in [5, 5.41) is 8.36. The maximum absolute atomic E-state index is 13.3. The van der Waals surface area contributed by atoms with Crippen LogP contribution in [0.15, 0.2) is 46.7 Å². The largest absolute Gasteiger partial charge is 0.495 e. The third kappa shape index (κ3) is 5.77. The molecule has 0 spiro atoms. The normalized spacial score (nSPS) is 16.1. The van der Waals surface area contributed by atoms with E-state index in [9.17, 15) is 9.59 Å². The highest BCUT2D eigenvalue weighted by molar-refractivity contribution is 7.13. The number of thiophene rings is 1. The number of likely N-dealkylation sites (tertiary alicyclic amines) is 1. The van der Waals surface area contributed by atoms with Crippen molar-refractivity contribution >= 4 is 39.9 Å². The Morgan fingerprint density at radius 3 is 2.66 bits per heavy atom. The lowest BCUT2D eigenvalue weighted by Gasteiger charge is -2.29. The first-order valence-corrected chi connectivity index (χ1v) is 14.8. The van der Waals surface area contributed by atoms with Gasteiger partial charge in [0.05, 0.1) is 36.7 Å². The van der Waals surface area contributed by atoms with Gasteiger partial charge in [0, 0.05) is 23.5 Å². The molecule has 1 amide bonds. The summed E-state index contributed by atoms with van der Waals surface area (Å²) in [5.74, 6) is 1.53. The Labute approximate surface area is 242 Å². The lowest BCUT2D eigenvalue weighted by Crippen LogP contribution is -2.43. The molecular weight excluding hydrogens is 540 g/mol. The van der Waals surface area contributed by atoms with E-state index >= 15 is 0 Å². The fraction of sp³-hybridized carbons (Fsp3) is 0.400. The summed E-state index contributed by atoms with van der Waals surface area (Å²) in [6, 6.07) is 9.36. The molecule has 214 valence electrons. The Morgan fingerprint density at radius 2 is 1.95 bits per heavy atom. The van der Waals surface area contributed by atoms with E-state index in [0.29, 0.717) is 57.8 Å². The number of benzene rings is 1. The van der Waals surface area contributed by atoms with Gasteiger partial charge in [0.25, 0.3) is 11.5 Å². The highest BCUT2D eigenvalue weighted by atomic mass is 32.1. The molecule has 1 aliphatic heterocycles. The van der Waals surface area contributed by atoms with Gasteiger partial charge >= 0.3 is 0 Å². The molecule has 1 aromatic carbocycles. The van der Waals surface area contributed by atoms with Crippen LogP contribution in [0.4, 0.5) is 11.6 Å². The number of pyridine rings is 1. The summed E-state index contributed by atoms with van der Waals surface area (Å²) in [6.45, 7) is 2.46. The first kappa shape index (κ1) is 27.2. The first-order chi connectivity index (χ1) is 19.9. The van der Waals surface area contributed by atoms with E-state index in [-0.39, 0.29) is 17.5 Å². The summed E-state index contributed by atoms with van der Waals surface area (Å²) >= 11 is 1.53. The molecule has 0 bridgehead atoms. The van der Waals surface area contributed by atoms with Crippen molar-refractivity contribution in [2.45, 2.75) is 31.7 Å². The number of aryl methyl sites for hydroxylation is 1. The van der Waals surface area contributed by atoms with Gasteiger partial charge in [-0.25, -0.2) is 9.97 Å². The number of hydrogen-bond donors (Lipinski definition) is 2. The van der Waals surface area contributed by atoms with Crippen molar-refractivity contribution in [3.8, 4) is 21.9 Å². The second kappa shape index (κ2) is 11.5. The zero-order chi connectivity index (χ0) is 28.5. The van der Waals surface area contributed by atoms with Crippen molar-refractivity contribution in [1.29, 1.82) is 0 Å². The van der Waals surface area contributed by atoms with Crippen LogP contribution in [0, 0.1) is 5.92 Å². The minimum absolute atomic E-state index is 0.119. The number of aromatic nitrogens is 3. The average molecular weight is 575 g/mol. The number of anilines is 2. The Kier molecular flexibility index (Phi) is 7.63. The van der Waals surface area contributed by atoms with E-state index in [0.717, 1.165) is 43.6 Å². The monoisotopic (exact) mass is 574 g/mol. The van der Waals surface area contributed by atoms with Gasteiger partial charge in [-0.15, -0.1) is 11.3 Å². The van der Waals surface area contributed by atoms with E-state index in [2.05, 4.69) is 27.6 Å². The van der Waals surface area contributed by atoms with Crippen LogP contribution in [0.3, 0.4) is 0 Å². The fourth-order valence-electron chi connectivity index (χ4n) is 5.09. The molecule has 4 heterocycles. The van der Waals surface area contributed by atoms with Crippen molar-refractivity contribution in [2.24, 2.45) is 13.0 Å². The molecule has 41 heavy (non-hydrogen) atoms. The second-order valence-corrected chi connectivity index (χ2v) is 11.8. The zero-order valence-corrected chi connectivity index (χ0v) is 24.3. The summed E-state index contributed by atoms with van der Waals surface area (Å²) < 4.78 is 13.3. The van der Waals surface area contributed by atoms with Gasteiger partial charge in [-0.1, -0.05) is 6.07 Å². The number of nitrogens with zero attached hydrogens (tertiary/aromatic N) is 4. The molecular formula is C30H34N6O4S. The van der Waals surface area contributed by atoms with Gasteiger partial charge in [0.1, 0.15) is 11.3 Å². The lowest BCUT2D eigenvalue weighted by atomic mass is 10.0. The number of piperidine rings is 1.